The molecule has 26 heavy (non-hydrogen) atoms. The Kier molecular flexibility index (Phi) is 6.67. The van der Waals surface area contributed by atoms with Crippen LogP contribution in [-0.2, 0) is 0 Å². The summed E-state index contributed by atoms with van der Waals surface area (Å²) in [5, 5.41) is 3.03. The first kappa shape index (κ1) is 19.8. The molecule has 0 aromatic heterocycles. The minimum absolute atomic E-state index is 0.0899. The maximum atomic E-state index is 12.7. The van der Waals surface area contributed by atoms with Gasteiger partial charge in [0.15, 0.2) is 0 Å². The maximum Gasteiger partial charge on any atom is 0.251 e. The van der Waals surface area contributed by atoms with Crippen molar-refractivity contribution in [3.8, 4) is 11.5 Å². The summed E-state index contributed by atoms with van der Waals surface area (Å²) in [5.74, 6) is 1.85. The van der Waals surface area contributed by atoms with Crippen LogP contribution >= 0.6 is 0 Å². The van der Waals surface area contributed by atoms with E-state index >= 15 is 0 Å². The van der Waals surface area contributed by atoms with Gasteiger partial charge in [-0.2, -0.15) is 0 Å². The average molecular weight is 355 g/mol. The van der Waals surface area contributed by atoms with Crippen molar-refractivity contribution in [3.05, 3.63) is 58.7 Å². The van der Waals surface area contributed by atoms with Crippen molar-refractivity contribution in [2.75, 3.05) is 13.7 Å². The van der Waals surface area contributed by atoms with Gasteiger partial charge in [0.25, 0.3) is 5.91 Å². The molecule has 1 amide bonds. The molecule has 0 spiro atoms. The number of ether oxygens (including phenoxy) is 2. The average Bonchev–Trinajstić information content (AvgIpc) is 2.60. The molecule has 0 bridgehead atoms. The lowest BCUT2D eigenvalue weighted by atomic mass is 9.96. The van der Waals surface area contributed by atoms with Gasteiger partial charge in [0.1, 0.15) is 18.1 Å². The third kappa shape index (κ3) is 4.78. The number of amides is 1. The minimum Gasteiger partial charge on any atom is -0.496 e. The molecule has 2 rings (SSSR count). The maximum absolute atomic E-state index is 12.7. The Balaban J connectivity index is 2.07. The van der Waals surface area contributed by atoms with Crippen LogP contribution in [0.5, 0.6) is 11.5 Å². The van der Waals surface area contributed by atoms with Crippen molar-refractivity contribution in [1.82, 2.24) is 5.32 Å². The van der Waals surface area contributed by atoms with Crippen LogP contribution < -0.4 is 14.8 Å². The fraction of sp³-hybridized carbons (Fsp3) is 0.409. The van der Waals surface area contributed by atoms with Crippen LogP contribution in [0.4, 0.5) is 0 Å². The van der Waals surface area contributed by atoms with Gasteiger partial charge in [0.05, 0.1) is 13.2 Å². The predicted octanol–water partition coefficient (Wildman–Crippen LogP) is 4.63. The zero-order valence-electron chi connectivity index (χ0n) is 16.6. The lowest BCUT2D eigenvalue weighted by Crippen LogP contribution is -2.37. The number of nitrogens with one attached hydrogen (secondary N) is 1. The SMILES string of the molecule is COc1cc(C)c(C(=O)N[C@H](C)COc2ccccc2C)cc1C(C)C. The molecule has 1 N–H and O–H groups in total. The highest BCUT2D eigenvalue weighted by Gasteiger charge is 2.17. The first-order chi connectivity index (χ1) is 12.3. The second-order valence-electron chi connectivity index (χ2n) is 7.01. The number of aryl methyl sites for hydroxylation is 2. The quantitative estimate of drug-likeness (QED) is 0.787. The van der Waals surface area contributed by atoms with Crippen LogP contribution in [0.2, 0.25) is 0 Å². The highest BCUT2D eigenvalue weighted by Crippen LogP contribution is 2.29. The Hall–Kier alpha value is -2.49. The van der Waals surface area contributed by atoms with Crippen molar-refractivity contribution in [2.24, 2.45) is 0 Å². The smallest absolute Gasteiger partial charge is 0.251 e. The van der Waals surface area contributed by atoms with E-state index in [1.165, 1.54) is 0 Å². The van der Waals surface area contributed by atoms with Gasteiger partial charge >= 0.3 is 0 Å². The Bertz CT molecular complexity index is 768. The highest BCUT2D eigenvalue weighted by molar-refractivity contribution is 5.96. The number of benzene rings is 2. The number of rotatable bonds is 7. The van der Waals surface area contributed by atoms with Crippen LogP contribution in [0.15, 0.2) is 36.4 Å². The molecule has 2 aromatic carbocycles. The fourth-order valence-corrected chi connectivity index (χ4v) is 2.85. The highest BCUT2D eigenvalue weighted by atomic mass is 16.5. The Morgan fingerprint density at radius 2 is 1.73 bits per heavy atom. The first-order valence-corrected chi connectivity index (χ1v) is 9.01. The number of methoxy groups -OCH3 is 1. The van der Waals surface area contributed by atoms with Crippen LogP contribution in [0, 0.1) is 13.8 Å². The molecule has 0 aliphatic carbocycles. The number of carbonyl (C=O) groups is 1. The molecule has 0 saturated heterocycles. The lowest BCUT2D eigenvalue weighted by Gasteiger charge is -2.19. The molecule has 0 aliphatic heterocycles. The third-order valence-electron chi connectivity index (χ3n) is 4.40. The molecule has 0 aliphatic rings. The molecule has 4 nitrogen and oxygen atoms in total. The molecular weight excluding hydrogens is 326 g/mol. The van der Waals surface area contributed by atoms with Crippen LogP contribution in [-0.4, -0.2) is 25.7 Å². The van der Waals surface area contributed by atoms with Gasteiger partial charge in [-0.25, -0.2) is 0 Å². The first-order valence-electron chi connectivity index (χ1n) is 9.01. The standard InChI is InChI=1S/C22H29NO3/c1-14(2)18-12-19(16(4)11-21(18)25-6)22(24)23-17(5)13-26-20-10-8-7-9-15(20)3/h7-12,14,17H,13H2,1-6H3,(H,23,24)/t17-/m1/s1. The summed E-state index contributed by atoms with van der Waals surface area (Å²) < 4.78 is 11.3. The monoisotopic (exact) mass is 355 g/mol. The summed E-state index contributed by atoms with van der Waals surface area (Å²) >= 11 is 0. The van der Waals surface area contributed by atoms with Gasteiger partial charge in [-0.15, -0.1) is 0 Å². The predicted molar refractivity (Wildman–Crippen MR) is 105 cm³/mol. The largest absolute Gasteiger partial charge is 0.496 e. The van der Waals surface area contributed by atoms with Gasteiger partial charge < -0.3 is 14.8 Å². The van der Waals surface area contributed by atoms with Crippen molar-refractivity contribution in [1.29, 1.82) is 0 Å². The van der Waals surface area contributed by atoms with Crippen molar-refractivity contribution < 1.29 is 14.3 Å². The Morgan fingerprint density at radius 3 is 2.35 bits per heavy atom. The van der Waals surface area contributed by atoms with Gasteiger partial charge in [0.2, 0.25) is 0 Å². The molecule has 0 radical (unpaired) electrons. The Morgan fingerprint density at radius 1 is 1.04 bits per heavy atom. The van der Waals surface area contributed by atoms with Gasteiger partial charge in [-0.1, -0.05) is 32.0 Å². The summed E-state index contributed by atoms with van der Waals surface area (Å²) in [5.41, 5.74) is 3.69. The summed E-state index contributed by atoms with van der Waals surface area (Å²) in [6, 6.07) is 11.6. The van der Waals surface area contributed by atoms with E-state index in [9.17, 15) is 4.79 Å². The van der Waals surface area contributed by atoms with Crippen LogP contribution in [0.3, 0.4) is 0 Å². The van der Waals surface area contributed by atoms with Crippen LogP contribution in [0.25, 0.3) is 0 Å². The van der Waals surface area contributed by atoms with E-state index in [1.807, 2.05) is 57.2 Å². The van der Waals surface area contributed by atoms with E-state index < -0.39 is 0 Å². The third-order valence-corrected chi connectivity index (χ3v) is 4.40. The minimum atomic E-state index is -0.105. The summed E-state index contributed by atoms with van der Waals surface area (Å²) in [6.45, 7) is 10.5. The molecule has 0 heterocycles. The zero-order chi connectivity index (χ0) is 19.3. The second kappa shape index (κ2) is 8.75. The molecule has 140 valence electrons. The molecular formula is C22H29NO3. The second-order valence-corrected chi connectivity index (χ2v) is 7.01. The summed E-state index contributed by atoms with van der Waals surface area (Å²) in [7, 11) is 1.66. The van der Waals surface area contributed by atoms with Crippen molar-refractivity contribution in [3.63, 3.8) is 0 Å². The molecule has 4 heteroatoms. The van der Waals surface area contributed by atoms with Crippen molar-refractivity contribution >= 4 is 5.91 Å². The van der Waals surface area contributed by atoms with E-state index in [0.29, 0.717) is 12.2 Å². The van der Waals surface area contributed by atoms with E-state index in [0.717, 1.165) is 28.2 Å². The van der Waals surface area contributed by atoms with Crippen molar-refractivity contribution in [2.45, 2.75) is 46.6 Å². The number of para-hydroxylation sites is 1. The zero-order valence-corrected chi connectivity index (χ0v) is 16.6. The molecule has 0 saturated carbocycles. The Labute approximate surface area is 156 Å². The topological polar surface area (TPSA) is 47.6 Å². The number of hydrogen-bond acceptors (Lipinski definition) is 3. The lowest BCUT2D eigenvalue weighted by molar-refractivity contribution is 0.0926. The number of carbonyl (C=O) groups excluding carboxylic acids is 1. The van der Waals surface area contributed by atoms with Gasteiger partial charge in [-0.05, 0) is 61.6 Å². The molecule has 2 aromatic rings. The normalized spacial score (nSPS) is 12.0. The van der Waals surface area contributed by atoms with E-state index in [4.69, 9.17) is 9.47 Å². The molecule has 0 unspecified atom stereocenters. The van der Waals surface area contributed by atoms with Gasteiger partial charge in [-0.3, -0.25) is 4.79 Å². The van der Waals surface area contributed by atoms with E-state index in [1.54, 1.807) is 7.11 Å². The molecule has 1 atom stereocenters. The summed E-state index contributed by atoms with van der Waals surface area (Å²) in [6.07, 6.45) is 0. The fourth-order valence-electron chi connectivity index (χ4n) is 2.85. The summed E-state index contributed by atoms with van der Waals surface area (Å²) in [4.78, 5) is 12.7. The van der Waals surface area contributed by atoms with Gasteiger partial charge in [0, 0.05) is 5.56 Å². The van der Waals surface area contributed by atoms with E-state index in [2.05, 4.69) is 19.2 Å². The number of hydrogen-bond donors (Lipinski definition) is 1. The van der Waals surface area contributed by atoms with Crippen LogP contribution in [0.1, 0.15) is 53.7 Å². The molecule has 0 fully saturated rings. The van der Waals surface area contributed by atoms with E-state index in [-0.39, 0.29) is 17.9 Å².